The van der Waals surface area contributed by atoms with Crippen LogP contribution >= 0.6 is 0 Å². The Labute approximate surface area is 124 Å². The Kier molecular flexibility index (Phi) is 3.59. The van der Waals surface area contributed by atoms with Crippen LogP contribution in [0.3, 0.4) is 0 Å². The fourth-order valence-corrected chi connectivity index (χ4v) is 3.74. The van der Waals surface area contributed by atoms with Gasteiger partial charge in [-0.1, -0.05) is 0 Å². The van der Waals surface area contributed by atoms with E-state index in [9.17, 15) is 14.7 Å². The number of urea groups is 1. The topological polar surface area (TPSA) is 78.9 Å². The highest BCUT2D eigenvalue weighted by atomic mass is 16.5. The maximum atomic E-state index is 12.2. The van der Waals surface area contributed by atoms with Gasteiger partial charge < -0.3 is 20.1 Å². The zero-order valence-corrected chi connectivity index (χ0v) is 12.6. The van der Waals surface area contributed by atoms with Gasteiger partial charge in [0.05, 0.1) is 5.41 Å². The Morgan fingerprint density at radius 3 is 2.67 bits per heavy atom. The van der Waals surface area contributed by atoms with E-state index >= 15 is 0 Å². The number of carboxylic acid groups (broad SMARTS) is 1. The number of hydrogen-bond donors (Lipinski definition) is 2. The molecule has 6 heteroatoms. The van der Waals surface area contributed by atoms with Crippen molar-refractivity contribution in [3.05, 3.63) is 0 Å². The molecule has 0 aromatic carbocycles. The summed E-state index contributed by atoms with van der Waals surface area (Å²) in [6.07, 6.45) is 3.92. The third kappa shape index (κ3) is 2.73. The van der Waals surface area contributed by atoms with Crippen molar-refractivity contribution in [2.75, 3.05) is 32.8 Å². The molecule has 1 saturated carbocycles. The van der Waals surface area contributed by atoms with Gasteiger partial charge in [0.15, 0.2) is 0 Å². The van der Waals surface area contributed by atoms with Gasteiger partial charge in [-0.2, -0.15) is 0 Å². The van der Waals surface area contributed by atoms with Gasteiger partial charge in [-0.25, -0.2) is 4.79 Å². The molecule has 2 atom stereocenters. The molecule has 6 nitrogen and oxygen atoms in total. The molecule has 1 aliphatic carbocycles. The highest BCUT2D eigenvalue weighted by Gasteiger charge is 2.54. The lowest BCUT2D eigenvalue weighted by Crippen LogP contribution is -2.42. The lowest BCUT2D eigenvalue weighted by Gasteiger charge is -2.24. The lowest BCUT2D eigenvalue weighted by atomic mass is 9.90. The Morgan fingerprint density at radius 1 is 1.33 bits per heavy atom. The van der Waals surface area contributed by atoms with E-state index < -0.39 is 11.4 Å². The van der Waals surface area contributed by atoms with Crippen molar-refractivity contribution in [2.45, 2.75) is 32.6 Å². The van der Waals surface area contributed by atoms with Crippen LogP contribution in [0, 0.1) is 16.7 Å². The zero-order valence-electron chi connectivity index (χ0n) is 12.6. The quantitative estimate of drug-likeness (QED) is 0.823. The summed E-state index contributed by atoms with van der Waals surface area (Å²) in [6, 6.07) is -0.117. The highest BCUT2D eigenvalue weighted by Crippen LogP contribution is 2.58. The molecule has 2 saturated heterocycles. The van der Waals surface area contributed by atoms with Crippen LogP contribution in [0.4, 0.5) is 4.79 Å². The van der Waals surface area contributed by atoms with Crippen LogP contribution in [-0.2, 0) is 9.53 Å². The van der Waals surface area contributed by atoms with E-state index in [0.29, 0.717) is 37.4 Å². The summed E-state index contributed by atoms with van der Waals surface area (Å²) in [4.78, 5) is 25.0. The normalized spacial score (nSPS) is 34.0. The molecular formula is C15H24N2O4. The second-order valence-corrected chi connectivity index (χ2v) is 7.10. The van der Waals surface area contributed by atoms with Crippen molar-refractivity contribution in [1.82, 2.24) is 10.2 Å². The van der Waals surface area contributed by atoms with Crippen molar-refractivity contribution >= 4 is 12.0 Å². The number of carboxylic acids is 1. The first-order valence-corrected chi connectivity index (χ1v) is 7.79. The third-order valence-electron chi connectivity index (χ3n) is 5.62. The van der Waals surface area contributed by atoms with Crippen LogP contribution in [0.25, 0.3) is 0 Å². The minimum absolute atomic E-state index is 0.117. The van der Waals surface area contributed by atoms with Crippen LogP contribution in [-0.4, -0.2) is 54.9 Å². The molecule has 3 fully saturated rings. The predicted molar refractivity (Wildman–Crippen MR) is 75.9 cm³/mol. The van der Waals surface area contributed by atoms with E-state index in [0.717, 1.165) is 26.1 Å². The summed E-state index contributed by atoms with van der Waals surface area (Å²) in [5.41, 5.74) is -0.384. The number of amides is 2. The van der Waals surface area contributed by atoms with E-state index in [1.165, 1.54) is 6.42 Å². The van der Waals surface area contributed by atoms with E-state index in [1.54, 1.807) is 11.8 Å². The van der Waals surface area contributed by atoms with Gasteiger partial charge in [0.1, 0.15) is 0 Å². The minimum atomic E-state index is -0.818. The van der Waals surface area contributed by atoms with Gasteiger partial charge in [-0.05, 0) is 43.9 Å². The molecule has 3 rings (SSSR count). The first-order valence-electron chi connectivity index (χ1n) is 7.79. The molecule has 3 aliphatic rings. The number of hydrogen-bond acceptors (Lipinski definition) is 3. The molecule has 2 heterocycles. The number of aliphatic carboxylic acids is 1. The second-order valence-electron chi connectivity index (χ2n) is 7.10. The van der Waals surface area contributed by atoms with Gasteiger partial charge in [0.25, 0.3) is 0 Å². The van der Waals surface area contributed by atoms with Gasteiger partial charge >= 0.3 is 12.0 Å². The van der Waals surface area contributed by atoms with Crippen molar-refractivity contribution in [2.24, 2.45) is 16.7 Å². The summed E-state index contributed by atoms with van der Waals surface area (Å²) in [5, 5.41) is 12.2. The first-order chi connectivity index (χ1) is 9.95. The summed E-state index contributed by atoms with van der Waals surface area (Å²) >= 11 is 0. The van der Waals surface area contributed by atoms with Crippen LogP contribution in [0.1, 0.15) is 32.6 Å². The van der Waals surface area contributed by atoms with E-state index in [4.69, 9.17) is 4.74 Å². The predicted octanol–water partition coefficient (Wildman–Crippen LogP) is 1.31. The van der Waals surface area contributed by atoms with Crippen molar-refractivity contribution < 1.29 is 19.4 Å². The van der Waals surface area contributed by atoms with Gasteiger partial charge in [0.2, 0.25) is 0 Å². The van der Waals surface area contributed by atoms with Crippen LogP contribution in [0.2, 0.25) is 0 Å². The highest BCUT2D eigenvalue weighted by molar-refractivity contribution is 5.79. The third-order valence-corrected chi connectivity index (χ3v) is 5.62. The molecule has 2 aliphatic heterocycles. The largest absolute Gasteiger partial charge is 0.481 e. The molecule has 0 aromatic rings. The number of nitrogens with zero attached hydrogens (tertiary/aromatic N) is 1. The molecule has 0 aromatic heterocycles. The summed E-state index contributed by atoms with van der Waals surface area (Å²) in [7, 11) is 0. The number of ether oxygens (including phenoxy) is 1. The van der Waals surface area contributed by atoms with Crippen molar-refractivity contribution in [3.63, 3.8) is 0 Å². The number of likely N-dealkylation sites (tertiary alicyclic amines) is 1. The molecule has 1 spiro atoms. The van der Waals surface area contributed by atoms with Crippen molar-refractivity contribution in [1.29, 1.82) is 0 Å². The Balaban J connectivity index is 1.45. The van der Waals surface area contributed by atoms with E-state index in [2.05, 4.69) is 5.32 Å². The first kappa shape index (κ1) is 14.6. The molecule has 2 N–H and O–H groups in total. The monoisotopic (exact) mass is 296 g/mol. The second kappa shape index (κ2) is 5.16. The summed E-state index contributed by atoms with van der Waals surface area (Å²) in [5.74, 6) is -0.250. The van der Waals surface area contributed by atoms with Gasteiger partial charge in [0, 0.05) is 32.8 Å². The maximum absolute atomic E-state index is 12.2. The smallest absolute Gasteiger partial charge is 0.317 e. The maximum Gasteiger partial charge on any atom is 0.317 e. The number of carbonyl (C=O) groups excluding carboxylic acids is 1. The minimum Gasteiger partial charge on any atom is -0.481 e. The van der Waals surface area contributed by atoms with Crippen LogP contribution in [0.5, 0.6) is 0 Å². The van der Waals surface area contributed by atoms with Gasteiger partial charge in [-0.15, -0.1) is 0 Å². The molecule has 2 amide bonds. The fraction of sp³-hybridized carbons (Fsp3) is 0.867. The Bertz CT molecular complexity index is 447. The number of nitrogens with one attached hydrogen (secondary N) is 1. The molecule has 2 unspecified atom stereocenters. The number of carbonyl (C=O) groups is 2. The Morgan fingerprint density at radius 2 is 2.05 bits per heavy atom. The van der Waals surface area contributed by atoms with Crippen molar-refractivity contribution in [3.8, 4) is 0 Å². The van der Waals surface area contributed by atoms with Crippen LogP contribution in [0.15, 0.2) is 0 Å². The number of rotatable bonds is 3. The molecular weight excluding hydrogens is 272 g/mol. The van der Waals surface area contributed by atoms with E-state index in [1.807, 2.05) is 0 Å². The Hall–Kier alpha value is -1.30. The van der Waals surface area contributed by atoms with Crippen LogP contribution < -0.4 is 5.32 Å². The SMILES string of the molecule is CC1(C(=O)O)CCN(C(=O)NCC2CC23CCOCC3)C1. The molecule has 0 radical (unpaired) electrons. The van der Waals surface area contributed by atoms with E-state index in [-0.39, 0.29) is 6.03 Å². The molecule has 21 heavy (non-hydrogen) atoms. The lowest BCUT2D eigenvalue weighted by molar-refractivity contribution is -0.146. The average molecular weight is 296 g/mol. The summed E-state index contributed by atoms with van der Waals surface area (Å²) in [6.45, 7) is 4.93. The fourth-order valence-electron chi connectivity index (χ4n) is 3.74. The summed E-state index contributed by atoms with van der Waals surface area (Å²) < 4.78 is 5.39. The average Bonchev–Trinajstić information content (AvgIpc) is 2.93. The van der Waals surface area contributed by atoms with Gasteiger partial charge in [-0.3, -0.25) is 4.79 Å². The molecule has 0 bridgehead atoms. The zero-order chi connectivity index (χ0) is 15.1. The molecule has 118 valence electrons. The standard InChI is InChI=1S/C15H24N2O4/c1-14(12(18)19)2-5-17(10-14)13(20)16-9-11-8-15(11)3-6-21-7-4-15/h11H,2-10H2,1H3,(H,16,20)(H,18,19).